The molecule has 0 bridgehead atoms. The van der Waals surface area contributed by atoms with Crippen LogP contribution in [0, 0.1) is 6.92 Å². The van der Waals surface area contributed by atoms with Gasteiger partial charge in [0.2, 0.25) is 0 Å². The average Bonchev–Trinajstić information content (AvgIpc) is 2.76. The highest BCUT2D eigenvalue weighted by atomic mass is 32.1. The fraction of sp³-hybridized carbons (Fsp3) is 0.250. The number of hydrogen-bond acceptors (Lipinski definition) is 5. The van der Waals surface area contributed by atoms with E-state index < -0.39 is 0 Å². The minimum absolute atomic E-state index is 0.726. The maximum atomic E-state index is 5.24. The summed E-state index contributed by atoms with van der Waals surface area (Å²) in [5.74, 6) is 5.24. The molecular weight excluding hydrogens is 198 g/mol. The molecule has 74 valence electrons. The number of rotatable bonds is 3. The summed E-state index contributed by atoms with van der Waals surface area (Å²) in [4.78, 5) is 5.20. The first kappa shape index (κ1) is 9.17. The predicted molar refractivity (Wildman–Crippen MR) is 56.0 cm³/mol. The number of hydrogen-bond donors (Lipinski definition) is 2. The van der Waals surface area contributed by atoms with E-state index in [1.165, 1.54) is 11.3 Å². The summed E-state index contributed by atoms with van der Waals surface area (Å²) < 4.78 is 1.88. The molecule has 0 radical (unpaired) electrons. The monoisotopic (exact) mass is 209 g/mol. The summed E-state index contributed by atoms with van der Waals surface area (Å²) in [7, 11) is 0. The Morgan fingerprint density at radius 2 is 2.43 bits per heavy atom. The van der Waals surface area contributed by atoms with Crippen molar-refractivity contribution >= 4 is 16.5 Å². The van der Waals surface area contributed by atoms with E-state index in [9.17, 15) is 0 Å². The summed E-state index contributed by atoms with van der Waals surface area (Å²) in [5.41, 5.74) is 3.68. The molecule has 2 rings (SSSR count). The molecule has 0 fully saturated rings. The predicted octanol–water partition coefficient (Wildman–Crippen LogP) is 0.982. The van der Waals surface area contributed by atoms with Gasteiger partial charge >= 0.3 is 0 Å². The van der Waals surface area contributed by atoms with Gasteiger partial charge in [0.15, 0.2) is 5.13 Å². The lowest BCUT2D eigenvalue weighted by Gasteiger charge is -1.95. The van der Waals surface area contributed by atoms with Crippen LogP contribution in [-0.2, 0) is 6.54 Å². The molecule has 0 saturated heterocycles. The fourth-order valence-electron chi connectivity index (χ4n) is 1.16. The lowest BCUT2D eigenvalue weighted by Crippen LogP contribution is -2.05. The van der Waals surface area contributed by atoms with Gasteiger partial charge in [-0.1, -0.05) is 11.3 Å². The van der Waals surface area contributed by atoms with Gasteiger partial charge in [-0.3, -0.25) is 10.1 Å². The van der Waals surface area contributed by atoms with Crippen molar-refractivity contribution in [1.82, 2.24) is 14.8 Å². The number of thiazole rings is 1. The molecule has 0 aromatic carbocycles. The first-order valence-corrected chi connectivity index (χ1v) is 5.00. The summed E-state index contributed by atoms with van der Waals surface area (Å²) in [5, 5.41) is 4.92. The van der Waals surface area contributed by atoms with Crippen LogP contribution >= 0.6 is 11.3 Å². The van der Waals surface area contributed by atoms with Crippen molar-refractivity contribution in [3.05, 3.63) is 29.0 Å². The van der Waals surface area contributed by atoms with Crippen LogP contribution in [0.3, 0.4) is 0 Å². The quantitative estimate of drug-likeness (QED) is 0.584. The Bertz CT molecular complexity index is 419. The van der Waals surface area contributed by atoms with Crippen molar-refractivity contribution in [3.63, 3.8) is 0 Å². The van der Waals surface area contributed by atoms with E-state index >= 15 is 0 Å². The molecule has 2 heterocycles. The van der Waals surface area contributed by atoms with Crippen LogP contribution in [0.4, 0.5) is 5.13 Å². The van der Waals surface area contributed by atoms with Crippen LogP contribution < -0.4 is 11.3 Å². The zero-order valence-corrected chi connectivity index (χ0v) is 8.58. The lowest BCUT2D eigenvalue weighted by molar-refractivity contribution is 0.693. The van der Waals surface area contributed by atoms with Crippen LogP contribution in [-0.4, -0.2) is 14.8 Å². The van der Waals surface area contributed by atoms with Crippen molar-refractivity contribution in [2.75, 3.05) is 5.43 Å². The number of nitrogens with two attached hydrogens (primary N) is 1. The van der Waals surface area contributed by atoms with E-state index in [2.05, 4.69) is 15.5 Å². The number of anilines is 1. The molecule has 0 amide bonds. The van der Waals surface area contributed by atoms with E-state index in [-0.39, 0.29) is 0 Å². The molecule has 14 heavy (non-hydrogen) atoms. The maximum Gasteiger partial charge on any atom is 0.197 e. The Morgan fingerprint density at radius 3 is 3.00 bits per heavy atom. The van der Waals surface area contributed by atoms with Gasteiger partial charge in [0.05, 0.1) is 12.7 Å². The first-order chi connectivity index (χ1) is 6.78. The van der Waals surface area contributed by atoms with Crippen LogP contribution in [0.2, 0.25) is 0 Å². The van der Waals surface area contributed by atoms with Crippen molar-refractivity contribution in [2.24, 2.45) is 5.84 Å². The summed E-state index contributed by atoms with van der Waals surface area (Å²) >= 11 is 1.53. The molecule has 3 N–H and O–H groups in total. The number of nitrogen functional groups attached to an aromatic ring is 1. The molecule has 0 aliphatic carbocycles. The minimum atomic E-state index is 0.726. The molecular formula is C8H11N5S. The van der Waals surface area contributed by atoms with Gasteiger partial charge < -0.3 is 0 Å². The van der Waals surface area contributed by atoms with Crippen LogP contribution in [0.1, 0.15) is 10.4 Å². The number of nitrogens with one attached hydrogen (secondary N) is 1. The van der Waals surface area contributed by atoms with Gasteiger partial charge in [-0.15, -0.1) is 0 Å². The highest BCUT2D eigenvalue weighted by Gasteiger charge is 2.01. The van der Waals surface area contributed by atoms with Gasteiger partial charge in [-0.2, -0.15) is 5.10 Å². The third kappa shape index (κ3) is 1.91. The van der Waals surface area contributed by atoms with E-state index in [4.69, 9.17) is 5.84 Å². The highest BCUT2D eigenvalue weighted by Crippen LogP contribution is 2.17. The molecule has 2 aromatic rings. The van der Waals surface area contributed by atoms with Crippen LogP contribution in [0.5, 0.6) is 0 Å². The number of hydrazine groups is 1. The van der Waals surface area contributed by atoms with Crippen molar-refractivity contribution in [3.8, 4) is 0 Å². The Kier molecular flexibility index (Phi) is 2.47. The van der Waals surface area contributed by atoms with Crippen molar-refractivity contribution in [2.45, 2.75) is 13.5 Å². The third-order valence-corrected chi connectivity index (χ3v) is 2.67. The first-order valence-electron chi connectivity index (χ1n) is 4.18. The summed E-state index contributed by atoms with van der Waals surface area (Å²) in [6, 6.07) is 0. The highest BCUT2D eigenvalue weighted by molar-refractivity contribution is 7.15. The minimum Gasteiger partial charge on any atom is -0.300 e. The second kappa shape index (κ2) is 3.77. The Labute approximate surface area is 85.5 Å². The van der Waals surface area contributed by atoms with Crippen molar-refractivity contribution < 1.29 is 0 Å². The Balaban J connectivity index is 2.10. The average molecular weight is 209 g/mol. The third-order valence-electron chi connectivity index (χ3n) is 1.76. The van der Waals surface area contributed by atoms with Gasteiger partial charge in [-0.25, -0.2) is 10.8 Å². The van der Waals surface area contributed by atoms with E-state index in [1.54, 1.807) is 6.20 Å². The molecule has 0 atom stereocenters. The molecule has 0 aliphatic heterocycles. The number of nitrogens with zero attached hydrogens (tertiary/aromatic N) is 3. The molecule has 2 aromatic heterocycles. The zero-order valence-electron chi connectivity index (χ0n) is 7.77. The normalized spacial score (nSPS) is 10.4. The molecule has 0 saturated carbocycles. The molecule has 6 heteroatoms. The summed E-state index contributed by atoms with van der Waals surface area (Å²) in [6.45, 7) is 2.76. The van der Waals surface area contributed by atoms with E-state index in [0.717, 1.165) is 22.1 Å². The summed E-state index contributed by atoms with van der Waals surface area (Å²) in [6.07, 6.45) is 5.63. The SMILES string of the molecule is Cc1cnn(Cc2cnc(NN)s2)c1. The Morgan fingerprint density at radius 1 is 1.57 bits per heavy atom. The number of aryl methyl sites for hydroxylation is 1. The smallest absolute Gasteiger partial charge is 0.197 e. The molecule has 0 aliphatic rings. The van der Waals surface area contributed by atoms with Crippen molar-refractivity contribution in [1.29, 1.82) is 0 Å². The molecule has 0 spiro atoms. The van der Waals surface area contributed by atoms with Crippen LogP contribution in [0.25, 0.3) is 0 Å². The second-order valence-corrected chi connectivity index (χ2v) is 4.11. The van der Waals surface area contributed by atoms with E-state index in [1.807, 2.05) is 24.0 Å². The largest absolute Gasteiger partial charge is 0.300 e. The zero-order chi connectivity index (χ0) is 9.97. The maximum absolute atomic E-state index is 5.24. The Hall–Kier alpha value is -1.40. The molecule has 5 nitrogen and oxygen atoms in total. The second-order valence-electron chi connectivity index (χ2n) is 2.99. The van der Waals surface area contributed by atoms with E-state index in [0.29, 0.717) is 0 Å². The molecule has 0 unspecified atom stereocenters. The lowest BCUT2D eigenvalue weighted by atomic mass is 10.4. The van der Waals surface area contributed by atoms with Crippen LogP contribution in [0.15, 0.2) is 18.6 Å². The van der Waals surface area contributed by atoms with Gasteiger partial charge in [-0.05, 0) is 12.5 Å². The standard InChI is InChI=1S/C8H11N5S/c1-6-2-11-13(4-6)5-7-3-10-8(12-9)14-7/h2-4H,5,9H2,1H3,(H,10,12). The van der Waals surface area contributed by atoms with Gasteiger partial charge in [0.25, 0.3) is 0 Å². The number of aromatic nitrogens is 3. The van der Waals surface area contributed by atoms with Gasteiger partial charge in [0.1, 0.15) is 0 Å². The van der Waals surface area contributed by atoms with Gasteiger partial charge in [0, 0.05) is 17.3 Å². The topological polar surface area (TPSA) is 68.8 Å². The fourth-order valence-corrected chi connectivity index (χ4v) is 1.88.